The Kier molecular flexibility index (Phi) is 5.17. The molecular weight excluding hydrogens is 251 g/mol. The average Bonchev–Trinajstić information content (AvgIpc) is 2.54. The van der Waals surface area contributed by atoms with Crippen LogP contribution in [0.15, 0.2) is 18.2 Å². The first-order chi connectivity index (χ1) is 9.49. The first-order valence-electron chi connectivity index (χ1n) is 7.74. The standard InChI is InChI=1S/C17H27FN2/c1-12(2)11-20-9-5-4-6-16(19)17(20)15-10-14(18)8-7-13(15)3/h7-8,10,12,16-17H,4-6,9,11,19H2,1-3H3. The SMILES string of the molecule is Cc1ccc(F)cc1C1C(N)CCCCN1CC(C)C. The molecule has 0 saturated carbocycles. The second kappa shape index (κ2) is 6.68. The van der Waals surface area contributed by atoms with Gasteiger partial charge in [0.2, 0.25) is 0 Å². The summed E-state index contributed by atoms with van der Waals surface area (Å²) in [7, 11) is 0. The molecule has 0 radical (unpaired) electrons. The first kappa shape index (κ1) is 15.5. The van der Waals surface area contributed by atoms with E-state index in [2.05, 4.69) is 25.7 Å². The molecule has 2 unspecified atom stereocenters. The maximum atomic E-state index is 13.7. The van der Waals surface area contributed by atoms with Gasteiger partial charge in [-0.1, -0.05) is 26.3 Å². The molecule has 112 valence electrons. The van der Waals surface area contributed by atoms with Gasteiger partial charge < -0.3 is 5.73 Å². The summed E-state index contributed by atoms with van der Waals surface area (Å²) < 4.78 is 13.7. The number of hydrogen-bond acceptors (Lipinski definition) is 2. The Morgan fingerprint density at radius 2 is 2.10 bits per heavy atom. The number of nitrogens with zero attached hydrogens (tertiary/aromatic N) is 1. The van der Waals surface area contributed by atoms with Crippen molar-refractivity contribution in [3.05, 3.63) is 35.1 Å². The number of aryl methyl sites for hydroxylation is 1. The highest BCUT2D eigenvalue weighted by Gasteiger charge is 2.30. The van der Waals surface area contributed by atoms with E-state index < -0.39 is 0 Å². The maximum Gasteiger partial charge on any atom is 0.123 e. The van der Waals surface area contributed by atoms with Crippen LogP contribution in [-0.4, -0.2) is 24.0 Å². The van der Waals surface area contributed by atoms with Crippen LogP contribution < -0.4 is 5.73 Å². The third-order valence-electron chi connectivity index (χ3n) is 4.19. The Morgan fingerprint density at radius 3 is 2.80 bits per heavy atom. The second-order valence-electron chi connectivity index (χ2n) is 6.49. The van der Waals surface area contributed by atoms with Crippen LogP contribution in [0.5, 0.6) is 0 Å². The van der Waals surface area contributed by atoms with Crippen molar-refractivity contribution in [1.29, 1.82) is 0 Å². The van der Waals surface area contributed by atoms with E-state index in [0.717, 1.165) is 30.6 Å². The van der Waals surface area contributed by atoms with E-state index in [9.17, 15) is 4.39 Å². The maximum absolute atomic E-state index is 13.7. The zero-order chi connectivity index (χ0) is 14.7. The largest absolute Gasteiger partial charge is 0.326 e. The zero-order valence-corrected chi connectivity index (χ0v) is 12.9. The lowest BCUT2D eigenvalue weighted by Gasteiger charge is -2.35. The molecule has 1 saturated heterocycles. The van der Waals surface area contributed by atoms with Crippen LogP contribution in [0.4, 0.5) is 4.39 Å². The normalized spacial score (nSPS) is 24.9. The van der Waals surface area contributed by atoms with Gasteiger partial charge in [0.05, 0.1) is 6.04 Å². The van der Waals surface area contributed by atoms with Gasteiger partial charge in [-0.15, -0.1) is 0 Å². The van der Waals surface area contributed by atoms with Crippen molar-refractivity contribution in [2.24, 2.45) is 11.7 Å². The molecule has 0 aromatic heterocycles. The number of rotatable bonds is 3. The second-order valence-corrected chi connectivity index (χ2v) is 6.49. The molecule has 0 bridgehead atoms. The Hall–Kier alpha value is -0.930. The summed E-state index contributed by atoms with van der Waals surface area (Å²) in [6, 6.07) is 5.33. The quantitative estimate of drug-likeness (QED) is 0.914. The van der Waals surface area contributed by atoms with Crippen molar-refractivity contribution in [2.75, 3.05) is 13.1 Å². The smallest absolute Gasteiger partial charge is 0.123 e. The molecule has 1 aliphatic rings. The summed E-state index contributed by atoms with van der Waals surface area (Å²) in [5.74, 6) is 0.434. The van der Waals surface area contributed by atoms with Gasteiger partial charge in [0.15, 0.2) is 0 Å². The fourth-order valence-electron chi connectivity index (χ4n) is 3.29. The lowest BCUT2D eigenvalue weighted by Crippen LogP contribution is -2.41. The molecule has 1 aromatic carbocycles. The number of halogens is 1. The van der Waals surface area contributed by atoms with Crippen LogP contribution in [0.1, 0.15) is 50.3 Å². The summed E-state index contributed by atoms with van der Waals surface area (Å²) in [4.78, 5) is 2.46. The van der Waals surface area contributed by atoms with Crippen molar-refractivity contribution in [3.8, 4) is 0 Å². The first-order valence-corrected chi connectivity index (χ1v) is 7.74. The predicted octanol–water partition coefficient (Wildman–Crippen LogP) is 3.64. The molecule has 2 nitrogen and oxygen atoms in total. The Morgan fingerprint density at radius 1 is 1.35 bits per heavy atom. The van der Waals surface area contributed by atoms with E-state index in [0.29, 0.717) is 5.92 Å². The van der Waals surface area contributed by atoms with E-state index in [1.165, 1.54) is 18.9 Å². The van der Waals surface area contributed by atoms with Gasteiger partial charge in [0, 0.05) is 12.6 Å². The molecule has 2 atom stereocenters. The van der Waals surface area contributed by atoms with Gasteiger partial charge in [0.1, 0.15) is 5.82 Å². The summed E-state index contributed by atoms with van der Waals surface area (Å²) in [6.07, 6.45) is 3.38. The highest BCUT2D eigenvalue weighted by atomic mass is 19.1. The highest BCUT2D eigenvalue weighted by Crippen LogP contribution is 2.32. The van der Waals surface area contributed by atoms with E-state index in [1.54, 1.807) is 6.07 Å². The molecule has 1 aliphatic heterocycles. The molecule has 0 amide bonds. The van der Waals surface area contributed by atoms with Crippen molar-refractivity contribution in [1.82, 2.24) is 4.90 Å². The van der Waals surface area contributed by atoms with E-state index >= 15 is 0 Å². The van der Waals surface area contributed by atoms with Crippen molar-refractivity contribution in [3.63, 3.8) is 0 Å². The van der Waals surface area contributed by atoms with Gasteiger partial charge in [-0.25, -0.2) is 4.39 Å². The molecule has 2 rings (SSSR count). The van der Waals surface area contributed by atoms with Crippen LogP contribution >= 0.6 is 0 Å². The third kappa shape index (κ3) is 3.58. The lowest BCUT2D eigenvalue weighted by molar-refractivity contribution is 0.165. The molecule has 1 heterocycles. The van der Waals surface area contributed by atoms with Gasteiger partial charge >= 0.3 is 0 Å². The summed E-state index contributed by atoms with van der Waals surface area (Å²) in [6.45, 7) is 8.60. The Bertz CT molecular complexity index is 445. The molecule has 1 aromatic rings. The molecule has 20 heavy (non-hydrogen) atoms. The van der Waals surface area contributed by atoms with E-state index in [1.807, 2.05) is 6.07 Å². The number of benzene rings is 1. The van der Waals surface area contributed by atoms with Crippen LogP contribution in [0.2, 0.25) is 0 Å². The predicted molar refractivity (Wildman–Crippen MR) is 82.1 cm³/mol. The summed E-state index contributed by atoms with van der Waals surface area (Å²) >= 11 is 0. The molecular formula is C17H27FN2. The van der Waals surface area contributed by atoms with Crippen molar-refractivity contribution >= 4 is 0 Å². The topological polar surface area (TPSA) is 29.3 Å². The minimum absolute atomic E-state index is 0.0942. The fourth-order valence-corrected chi connectivity index (χ4v) is 3.29. The molecule has 0 spiro atoms. The van der Waals surface area contributed by atoms with Crippen LogP contribution in [0.3, 0.4) is 0 Å². The minimum atomic E-state index is -0.161. The van der Waals surface area contributed by atoms with E-state index in [4.69, 9.17) is 5.73 Å². The lowest BCUT2D eigenvalue weighted by atomic mass is 9.92. The summed E-state index contributed by atoms with van der Waals surface area (Å²) in [5.41, 5.74) is 8.64. The molecule has 1 fully saturated rings. The van der Waals surface area contributed by atoms with Gasteiger partial charge in [0.25, 0.3) is 0 Å². The third-order valence-corrected chi connectivity index (χ3v) is 4.19. The minimum Gasteiger partial charge on any atom is -0.326 e. The zero-order valence-electron chi connectivity index (χ0n) is 12.9. The fraction of sp³-hybridized carbons (Fsp3) is 0.647. The van der Waals surface area contributed by atoms with Crippen molar-refractivity contribution < 1.29 is 4.39 Å². The van der Waals surface area contributed by atoms with Gasteiger partial charge in [-0.05, 0) is 55.5 Å². The van der Waals surface area contributed by atoms with Gasteiger partial charge in [-0.3, -0.25) is 4.90 Å². The Labute approximate surface area is 122 Å². The average molecular weight is 278 g/mol. The summed E-state index contributed by atoms with van der Waals surface area (Å²) in [5, 5.41) is 0. The van der Waals surface area contributed by atoms with Gasteiger partial charge in [-0.2, -0.15) is 0 Å². The number of nitrogens with two attached hydrogens (primary N) is 1. The van der Waals surface area contributed by atoms with Crippen molar-refractivity contribution in [2.45, 2.75) is 52.1 Å². The number of likely N-dealkylation sites (tertiary alicyclic amines) is 1. The molecule has 3 heteroatoms. The monoisotopic (exact) mass is 278 g/mol. The highest BCUT2D eigenvalue weighted by molar-refractivity contribution is 5.31. The van der Waals surface area contributed by atoms with Crippen LogP contribution in [0, 0.1) is 18.7 Å². The molecule has 0 aliphatic carbocycles. The van der Waals surface area contributed by atoms with E-state index in [-0.39, 0.29) is 17.9 Å². The number of hydrogen-bond donors (Lipinski definition) is 1. The Balaban J connectivity index is 2.36. The molecule has 2 N–H and O–H groups in total. The van der Waals surface area contributed by atoms with Crippen LogP contribution in [0.25, 0.3) is 0 Å². The van der Waals surface area contributed by atoms with Crippen LogP contribution in [-0.2, 0) is 0 Å².